The van der Waals surface area contributed by atoms with Gasteiger partial charge in [-0.25, -0.2) is 13.2 Å². The molecule has 0 bridgehead atoms. The lowest BCUT2D eigenvalue weighted by molar-refractivity contribution is -0.142. The number of allylic oxidation sites excluding steroid dienone is 1. The van der Waals surface area contributed by atoms with Gasteiger partial charge in [-0.3, -0.25) is 19.1 Å². The van der Waals surface area contributed by atoms with Crippen LogP contribution in [-0.4, -0.2) is 103 Å². The van der Waals surface area contributed by atoms with Crippen LogP contribution in [0.1, 0.15) is 65.7 Å². The first-order valence-electron chi connectivity index (χ1n) is 18.1. The van der Waals surface area contributed by atoms with E-state index in [-0.39, 0.29) is 31.2 Å². The van der Waals surface area contributed by atoms with Crippen LogP contribution < -0.4 is 29.7 Å². The Kier molecular flexibility index (Phi) is 10.3. The predicted molar refractivity (Wildman–Crippen MR) is 197 cm³/mol. The van der Waals surface area contributed by atoms with Crippen LogP contribution in [0, 0.1) is 17.8 Å². The van der Waals surface area contributed by atoms with E-state index in [0.717, 1.165) is 11.8 Å². The zero-order valence-corrected chi connectivity index (χ0v) is 31.9. The highest BCUT2D eigenvalue weighted by Gasteiger charge is 2.63. The van der Waals surface area contributed by atoms with Crippen molar-refractivity contribution in [3.05, 3.63) is 36.4 Å². The van der Waals surface area contributed by atoms with Gasteiger partial charge < -0.3 is 35.0 Å². The lowest BCUT2D eigenvalue weighted by Gasteiger charge is -2.32. The molecule has 1 aromatic carbocycles. The molecule has 1 aromatic heterocycles. The molecule has 0 radical (unpaired) electrons. The number of hydrogen-bond donors (Lipinski definition) is 4. The van der Waals surface area contributed by atoms with Crippen LogP contribution in [0.5, 0.6) is 11.6 Å². The quantitative estimate of drug-likeness (QED) is 0.289. The van der Waals surface area contributed by atoms with Gasteiger partial charge in [-0.05, 0) is 86.9 Å². The minimum absolute atomic E-state index is 0.00223. The number of nitrogens with one attached hydrogen (secondary N) is 3. The Hall–Kier alpha value is -4.60. The van der Waals surface area contributed by atoms with Crippen molar-refractivity contribution in [2.75, 3.05) is 32.6 Å². The maximum absolute atomic E-state index is 14.5. The van der Waals surface area contributed by atoms with E-state index in [0.29, 0.717) is 42.6 Å². The van der Waals surface area contributed by atoms with Crippen LogP contribution in [0.3, 0.4) is 0 Å². The van der Waals surface area contributed by atoms with Crippen LogP contribution in [-0.2, 0) is 24.4 Å². The number of methoxy groups -OCH3 is 1. The molecular weight excluding hydrogens is 705 g/mol. The molecule has 3 fully saturated rings. The van der Waals surface area contributed by atoms with Crippen LogP contribution in [0.4, 0.5) is 10.6 Å². The molecule has 53 heavy (non-hydrogen) atoms. The van der Waals surface area contributed by atoms with Gasteiger partial charge in [-0.2, -0.15) is 4.98 Å². The fourth-order valence-corrected chi connectivity index (χ4v) is 8.84. The zero-order valence-electron chi connectivity index (χ0n) is 31.0. The number of rotatable bonds is 8. The van der Waals surface area contributed by atoms with E-state index in [2.05, 4.69) is 15.4 Å². The highest BCUT2D eigenvalue weighted by molar-refractivity contribution is 7.91. The number of nitrogens with zero attached hydrogens (tertiary/aromatic N) is 3. The SMILES string of the molecule is COc1ccc2c(O[C@@H]3C[C@H]4C(=O)N[C@]5(C(=O)NS(=O)(=O)C6(C)CC6)C[C@H]5/C=C\CCC(C)C[C@@H](C)[C@H](NC(=O)O)C(=O)N4C3)nc(N(C)C)cc2c1. The van der Waals surface area contributed by atoms with Crippen LogP contribution in [0.2, 0.25) is 0 Å². The second kappa shape index (κ2) is 14.3. The number of ether oxygens (including phenoxy) is 2. The van der Waals surface area contributed by atoms with Crippen LogP contribution >= 0.6 is 0 Å². The van der Waals surface area contributed by atoms with Crippen molar-refractivity contribution in [2.24, 2.45) is 17.8 Å². The molecule has 4 N–H and O–H groups in total. The van der Waals surface area contributed by atoms with Crippen LogP contribution in [0.25, 0.3) is 10.8 Å². The number of pyridine rings is 1. The highest BCUT2D eigenvalue weighted by atomic mass is 32.2. The molecule has 2 aliphatic carbocycles. The topological polar surface area (TPSA) is 197 Å². The smallest absolute Gasteiger partial charge is 0.405 e. The third-order valence-corrected chi connectivity index (χ3v) is 13.4. The minimum atomic E-state index is -4.01. The number of benzene rings is 1. The lowest BCUT2D eigenvalue weighted by atomic mass is 9.88. The lowest BCUT2D eigenvalue weighted by Crippen LogP contribution is -2.59. The molecule has 3 heterocycles. The van der Waals surface area contributed by atoms with Gasteiger partial charge >= 0.3 is 6.09 Å². The summed E-state index contributed by atoms with van der Waals surface area (Å²) in [5, 5.41) is 16.5. The van der Waals surface area contributed by atoms with Gasteiger partial charge in [0.15, 0.2) is 0 Å². The van der Waals surface area contributed by atoms with Gasteiger partial charge in [0, 0.05) is 31.8 Å². The summed E-state index contributed by atoms with van der Waals surface area (Å²) in [5.41, 5.74) is -1.55. The maximum atomic E-state index is 14.5. The number of amides is 4. The van der Waals surface area contributed by atoms with Crippen molar-refractivity contribution < 1.29 is 42.2 Å². The molecule has 4 aliphatic rings. The normalized spacial score (nSPS) is 30.4. The molecule has 1 saturated heterocycles. The number of anilines is 1. The van der Waals surface area contributed by atoms with Crippen LogP contribution in [0.15, 0.2) is 36.4 Å². The highest BCUT2D eigenvalue weighted by Crippen LogP contribution is 2.47. The average molecular weight is 755 g/mol. The van der Waals surface area contributed by atoms with Gasteiger partial charge in [0.2, 0.25) is 27.7 Å². The summed E-state index contributed by atoms with van der Waals surface area (Å²) in [4.78, 5) is 62.6. The summed E-state index contributed by atoms with van der Waals surface area (Å²) in [6.07, 6.45) is 4.62. The molecule has 7 atom stereocenters. The Morgan fingerprint density at radius 3 is 2.53 bits per heavy atom. The van der Waals surface area contributed by atoms with Gasteiger partial charge in [0.1, 0.15) is 35.3 Å². The molecule has 2 saturated carbocycles. The molecule has 288 valence electrons. The Morgan fingerprint density at radius 2 is 1.87 bits per heavy atom. The number of sulfonamides is 1. The molecule has 2 aromatic rings. The average Bonchev–Trinajstić information content (AvgIpc) is 3.98. The number of carbonyl (C=O) groups is 4. The van der Waals surface area contributed by atoms with Crippen molar-refractivity contribution in [2.45, 2.75) is 94.2 Å². The Labute approximate surface area is 309 Å². The second-order valence-corrected chi connectivity index (χ2v) is 17.9. The monoisotopic (exact) mass is 754 g/mol. The molecule has 2 aliphatic heterocycles. The molecule has 15 nitrogen and oxygen atoms in total. The molecule has 4 amide bonds. The third kappa shape index (κ3) is 7.73. The number of hydrogen-bond acceptors (Lipinski definition) is 10. The van der Waals surface area contributed by atoms with Gasteiger partial charge in [0.05, 0.1) is 18.4 Å². The van der Waals surface area contributed by atoms with E-state index < -0.39 is 74.1 Å². The third-order valence-electron chi connectivity index (χ3n) is 11.3. The number of aromatic nitrogens is 1. The largest absolute Gasteiger partial charge is 0.497 e. The summed E-state index contributed by atoms with van der Waals surface area (Å²) in [5.74, 6) is -1.32. The van der Waals surface area contributed by atoms with Crippen molar-refractivity contribution in [1.29, 1.82) is 0 Å². The molecular formula is C37H50N6O9S. The fraction of sp³-hybridized carbons (Fsp3) is 0.595. The van der Waals surface area contributed by atoms with E-state index in [1.54, 1.807) is 20.1 Å². The van der Waals surface area contributed by atoms with Gasteiger partial charge in [0.25, 0.3) is 5.91 Å². The fourth-order valence-electron chi connectivity index (χ4n) is 7.52. The van der Waals surface area contributed by atoms with E-state index in [1.165, 1.54) is 4.90 Å². The van der Waals surface area contributed by atoms with Gasteiger partial charge in [-0.15, -0.1) is 0 Å². The van der Waals surface area contributed by atoms with Crippen molar-refractivity contribution in [3.63, 3.8) is 0 Å². The number of carboxylic acid groups (broad SMARTS) is 1. The zero-order chi connectivity index (χ0) is 38.5. The maximum Gasteiger partial charge on any atom is 0.405 e. The Balaban J connectivity index is 1.36. The first-order chi connectivity index (χ1) is 25.0. The number of fused-ring (bicyclic) bond motifs is 3. The molecule has 16 heteroatoms. The van der Waals surface area contributed by atoms with E-state index in [9.17, 15) is 32.7 Å². The molecule has 0 spiro atoms. The predicted octanol–water partition coefficient (Wildman–Crippen LogP) is 3.18. The van der Waals surface area contributed by atoms with Gasteiger partial charge in [-0.1, -0.05) is 26.0 Å². The number of carbonyl (C=O) groups excluding carboxylic acids is 3. The van der Waals surface area contributed by atoms with E-state index >= 15 is 0 Å². The summed E-state index contributed by atoms with van der Waals surface area (Å²) in [6.45, 7) is 5.35. The van der Waals surface area contributed by atoms with Crippen molar-refractivity contribution in [3.8, 4) is 11.6 Å². The summed E-state index contributed by atoms with van der Waals surface area (Å²) < 4.78 is 39.4. The molecule has 6 rings (SSSR count). The second-order valence-electron chi connectivity index (χ2n) is 15.7. The Bertz CT molecular complexity index is 1930. The van der Waals surface area contributed by atoms with E-state index in [1.807, 2.05) is 63.2 Å². The summed E-state index contributed by atoms with van der Waals surface area (Å²) >= 11 is 0. The summed E-state index contributed by atoms with van der Waals surface area (Å²) in [7, 11) is 1.25. The first kappa shape index (κ1) is 38.1. The summed E-state index contributed by atoms with van der Waals surface area (Å²) in [6, 6.07) is 5.00. The first-order valence-corrected chi connectivity index (χ1v) is 19.6. The Morgan fingerprint density at radius 1 is 1.13 bits per heavy atom. The molecule has 1 unspecified atom stereocenters. The van der Waals surface area contributed by atoms with Crippen molar-refractivity contribution >= 4 is 50.4 Å². The minimum Gasteiger partial charge on any atom is -0.497 e. The standard InChI is InChI=1S/C37H50N6O9S/c1-21-9-7-8-10-24-19-37(24,34(46)41-53(49,50)36(3)13-14-36)40-31(44)28-18-26(20-43(28)33(45)30(22(2)15-21)39-35(47)48)52-32-27-12-11-25(51-6)16-23(27)17-29(38-32)42(4)5/h8,10-12,16-17,21-22,24,26,28,30,39H,7,9,13-15,18-20H2,1-6H3,(H,40,44)(H,41,46)(H,47,48)/b10-8-/t21?,22-,24-,26-,28+,30+,37-/m1/s1. The van der Waals surface area contributed by atoms with Crippen molar-refractivity contribution in [1.82, 2.24) is 25.2 Å². The van der Waals surface area contributed by atoms with E-state index in [4.69, 9.17) is 14.5 Å².